The van der Waals surface area contributed by atoms with Gasteiger partial charge in [-0.1, -0.05) is 48.5 Å². The highest BCUT2D eigenvalue weighted by molar-refractivity contribution is 5.85. The molecule has 0 aliphatic rings. The number of rotatable bonds is 7. The molecule has 0 saturated carbocycles. The lowest BCUT2D eigenvalue weighted by molar-refractivity contribution is -0.385. The molecular formula is C28H23F3N4O3. The number of hydrogen-bond donors (Lipinski definition) is 1. The van der Waals surface area contributed by atoms with Crippen molar-refractivity contribution in [2.75, 3.05) is 0 Å². The molecule has 1 amide bonds. The van der Waals surface area contributed by atoms with Crippen LogP contribution < -0.4 is 5.43 Å². The van der Waals surface area contributed by atoms with Gasteiger partial charge in [-0.05, 0) is 49.2 Å². The number of carbonyl (C=O) groups is 1. The summed E-state index contributed by atoms with van der Waals surface area (Å²) in [6, 6.07) is 22.1. The second-order valence-electron chi connectivity index (χ2n) is 8.64. The molecule has 0 aliphatic carbocycles. The van der Waals surface area contributed by atoms with Crippen molar-refractivity contribution in [2.45, 2.75) is 26.4 Å². The Kier molecular flexibility index (Phi) is 7.43. The maximum atomic E-state index is 12.9. The Bertz CT molecular complexity index is 1510. The fourth-order valence-electron chi connectivity index (χ4n) is 4.20. The highest BCUT2D eigenvalue weighted by Crippen LogP contribution is 2.33. The van der Waals surface area contributed by atoms with Crippen LogP contribution >= 0.6 is 0 Å². The van der Waals surface area contributed by atoms with Crippen LogP contribution in [0.4, 0.5) is 18.9 Å². The topological polar surface area (TPSA) is 89.5 Å². The molecule has 0 atom stereocenters. The largest absolute Gasteiger partial charge is 0.416 e. The number of carbonyl (C=O) groups excluding carboxylic acids is 1. The summed E-state index contributed by atoms with van der Waals surface area (Å²) in [4.78, 5) is 22.6. The zero-order valence-electron chi connectivity index (χ0n) is 20.5. The molecule has 0 spiro atoms. The number of hydrogen-bond acceptors (Lipinski definition) is 4. The molecule has 194 valence electrons. The van der Waals surface area contributed by atoms with Gasteiger partial charge < -0.3 is 4.57 Å². The first-order valence-corrected chi connectivity index (χ1v) is 11.6. The van der Waals surface area contributed by atoms with Crippen molar-refractivity contribution in [3.8, 4) is 16.8 Å². The molecule has 0 saturated heterocycles. The first-order valence-electron chi connectivity index (χ1n) is 11.6. The van der Waals surface area contributed by atoms with Gasteiger partial charge in [0.2, 0.25) is 5.91 Å². The van der Waals surface area contributed by atoms with E-state index in [1.165, 1.54) is 6.21 Å². The molecular weight excluding hydrogens is 497 g/mol. The van der Waals surface area contributed by atoms with Crippen molar-refractivity contribution in [2.24, 2.45) is 5.10 Å². The lowest BCUT2D eigenvalue weighted by atomic mass is 10.1. The van der Waals surface area contributed by atoms with Crippen LogP contribution in [0.3, 0.4) is 0 Å². The van der Waals surface area contributed by atoms with Gasteiger partial charge in [0.15, 0.2) is 0 Å². The predicted octanol–water partition coefficient (Wildman–Crippen LogP) is 6.38. The molecule has 3 aromatic carbocycles. The third kappa shape index (κ3) is 5.80. The molecule has 1 N–H and O–H groups in total. The molecule has 0 radical (unpaired) electrons. The molecule has 4 aromatic rings. The van der Waals surface area contributed by atoms with Gasteiger partial charge in [-0.25, -0.2) is 5.43 Å². The summed E-state index contributed by atoms with van der Waals surface area (Å²) in [5, 5.41) is 15.2. The third-order valence-electron chi connectivity index (χ3n) is 6.06. The van der Waals surface area contributed by atoms with Crippen LogP contribution in [0.25, 0.3) is 16.8 Å². The smallest absolute Gasteiger partial charge is 0.318 e. The molecule has 0 unspecified atom stereocenters. The van der Waals surface area contributed by atoms with Gasteiger partial charge in [-0.3, -0.25) is 14.9 Å². The molecule has 0 fully saturated rings. The highest BCUT2D eigenvalue weighted by atomic mass is 19.4. The van der Waals surface area contributed by atoms with Crippen LogP contribution in [0.1, 0.15) is 28.1 Å². The first-order chi connectivity index (χ1) is 18.0. The van der Waals surface area contributed by atoms with E-state index in [1.807, 2.05) is 79.1 Å². The lowest BCUT2D eigenvalue weighted by Crippen LogP contribution is -2.20. The van der Waals surface area contributed by atoms with E-state index in [4.69, 9.17) is 0 Å². The number of aromatic nitrogens is 1. The van der Waals surface area contributed by atoms with Crippen molar-refractivity contribution in [1.29, 1.82) is 0 Å². The standard InChI is InChI=1S/C28H23F3N4O3/c1-18-14-23(19(2)34(18)25-12-9-21(10-13-25)20-6-4-3-5-7-20)17-32-33-27(36)15-22-8-11-24(28(29,30)31)16-26(22)35(37)38/h3-14,16-17H,15H2,1-2H3,(H,33,36)/b32-17+. The molecule has 7 nitrogen and oxygen atoms in total. The zero-order chi connectivity index (χ0) is 27.4. The van der Waals surface area contributed by atoms with Crippen LogP contribution in [0.15, 0.2) is 84.0 Å². The van der Waals surface area contributed by atoms with Crippen LogP contribution in [0, 0.1) is 24.0 Å². The van der Waals surface area contributed by atoms with Crippen molar-refractivity contribution in [3.05, 3.63) is 117 Å². The Morgan fingerprint density at radius 2 is 1.66 bits per heavy atom. The molecule has 1 heterocycles. The van der Waals surface area contributed by atoms with Crippen molar-refractivity contribution in [3.63, 3.8) is 0 Å². The van der Waals surface area contributed by atoms with E-state index in [9.17, 15) is 28.1 Å². The minimum absolute atomic E-state index is 0.146. The number of amides is 1. The Morgan fingerprint density at radius 3 is 2.29 bits per heavy atom. The lowest BCUT2D eigenvalue weighted by Gasteiger charge is -2.11. The minimum atomic E-state index is -4.73. The monoisotopic (exact) mass is 520 g/mol. The van der Waals surface area contributed by atoms with Gasteiger partial charge >= 0.3 is 6.18 Å². The maximum Gasteiger partial charge on any atom is 0.416 e. The van der Waals surface area contributed by atoms with E-state index in [2.05, 4.69) is 10.5 Å². The Labute approximate surface area is 216 Å². The second-order valence-corrected chi connectivity index (χ2v) is 8.64. The van der Waals surface area contributed by atoms with Crippen LogP contribution in [0.5, 0.6) is 0 Å². The van der Waals surface area contributed by atoms with E-state index < -0.39 is 34.7 Å². The summed E-state index contributed by atoms with van der Waals surface area (Å²) in [5.41, 5.74) is 5.95. The number of nitrogens with one attached hydrogen (secondary N) is 1. The van der Waals surface area contributed by atoms with E-state index in [1.54, 1.807) is 0 Å². The number of halogens is 3. The van der Waals surface area contributed by atoms with Crippen LogP contribution in [0.2, 0.25) is 0 Å². The quantitative estimate of drug-likeness (QED) is 0.174. The number of nitrogens with zero attached hydrogens (tertiary/aromatic N) is 3. The predicted molar refractivity (Wildman–Crippen MR) is 138 cm³/mol. The van der Waals surface area contributed by atoms with Gasteiger partial charge in [-0.15, -0.1) is 0 Å². The van der Waals surface area contributed by atoms with E-state index in [0.717, 1.165) is 39.8 Å². The zero-order valence-corrected chi connectivity index (χ0v) is 20.5. The summed E-state index contributed by atoms with van der Waals surface area (Å²) in [6.07, 6.45) is -3.78. The van der Waals surface area contributed by atoms with Crippen molar-refractivity contribution in [1.82, 2.24) is 9.99 Å². The Balaban J connectivity index is 1.46. The number of hydrazone groups is 1. The average Bonchev–Trinajstić information content (AvgIpc) is 3.16. The fourth-order valence-corrected chi connectivity index (χ4v) is 4.20. The van der Waals surface area contributed by atoms with Gasteiger partial charge in [-0.2, -0.15) is 18.3 Å². The molecule has 4 rings (SSSR count). The number of aryl methyl sites for hydroxylation is 1. The van der Waals surface area contributed by atoms with E-state index >= 15 is 0 Å². The molecule has 38 heavy (non-hydrogen) atoms. The van der Waals surface area contributed by atoms with Gasteiger partial charge in [0.05, 0.1) is 23.1 Å². The third-order valence-corrected chi connectivity index (χ3v) is 6.06. The normalized spacial score (nSPS) is 11.6. The second kappa shape index (κ2) is 10.7. The Hall–Kier alpha value is -4.73. The fraction of sp³-hybridized carbons (Fsp3) is 0.143. The van der Waals surface area contributed by atoms with Crippen LogP contribution in [-0.2, 0) is 17.4 Å². The minimum Gasteiger partial charge on any atom is -0.318 e. The summed E-state index contributed by atoms with van der Waals surface area (Å²) in [6.45, 7) is 3.85. The van der Waals surface area contributed by atoms with Gasteiger partial charge in [0, 0.05) is 34.3 Å². The Morgan fingerprint density at radius 1 is 1.00 bits per heavy atom. The van der Waals surface area contributed by atoms with Crippen LogP contribution in [-0.4, -0.2) is 21.6 Å². The number of benzene rings is 3. The molecule has 0 aliphatic heterocycles. The SMILES string of the molecule is Cc1cc(/C=N/NC(=O)Cc2ccc(C(F)(F)F)cc2[N+](=O)[O-])c(C)n1-c1ccc(-c2ccccc2)cc1. The number of nitro benzene ring substituents is 1. The summed E-state index contributed by atoms with van der Waals surface area (Å²) < 4.78 is 40.7. The number of alkyl halides is 3. The molecule has 1 aromatic heterocycles. The van der Waals surface area contributed by atoms with E-state index in [0.29, 0.717) is 12.1 Å². The van der Waals surface area contributed by atoms with Crippen molar-refractivity contribution >= 4 is 17.8 Å². The van der Waals surface area contributed by atoms with Gasteiger partial charge in [0.25, 0.3) is 5.69 Å². The summed E-state index contributed by atoms with van der Waals surface area (Å²) in [7, 11) is 0. The highest BCUT2D eigenvalue weighted by Gasteiger charge is 2.33. The molecule has 0 bridgehead atoms. The van der Waals surface area contributed by atoms with Crippen molar-refractivity contribution < 1.29 is 22.9 Å². The summed E-state index contributed by atoms with van der Waals surface area (Å²) in [5.74, 6) is -0.700. The summed E-state index contributed by atoms with van der Waals surface area (Å²) >= 11 is 0. The average molecular weight is 521 g/mol. The van der Waals surface area contributed by atoms with E-state index in [-0.39, 0.29) is 5.56 Å². The molecule has 10 heteroatoms. The van der Waals surface area contributed by atoms with Gasteiger partial charge in [0.1, 0.15) is 0 Å². The maximum absolute atomic E-state index is 12.9. The first kappa shape index (κ1) is 26.3. The number of nitro groups is 1.